The predicted octanol–water partition coefficient (Wildman–Crippen LogP) is 3.34. The van der Waals surface area contributed by atoms with Crippen molar-refractivity contribution >= 4 is 39.2 Å². The van der Waals surface area contributed by atoms with Gasteiger partial charge in [0.1, 0.15) is 10.6 Å². The van der Waals surface area contributed by atoms with Gasteiger partial charge in [0.2, 0.25) is 5.91 Å². The van der Waals surface area contributed by atoms with E-state index >= 15 is 0 Å². The number of nitrogens with one attached hydrogen (secondary N) is 1. The fourth-order valence-electron chi connectivity index (χ4n) is 2.54. The van der Waals surface area contributed by atoms with Crippen molar-refractivity contribution in [3.05, 3.63) is 59.7 Å². The van der Waals surface area contributed by atoms with Crippen LogP contribution in [0.15, 0.2) is 63.6 Å². The number of benzene rings is 2. The molecule has 1 N–H and O–H groups in total. The van der Waals surface area contributed by atoms with Crippen molar-refractivity contribution < 1.29 is 17.4 Å². The summed E-state index contributed by atoms with van der Waals surface area (Å²) in [5, 5.41) is 11.0. The van der Waals surface area contributed by atoms with Crippen molar-refractivity contribution in [2.75, 3.05) is 0 Å². The van der Waals surface area contributed by atoms with Crippen molar-refractivity contribution in [1.29, 1.82) is 0 Å². The molecule has 3 rings (SSSR count). The van der Waals surface area contributed by atoms with Gasteiger partial charge in [-0.25, -0.2) is 0 Å². The molecule has 1 heterocycles. The van der Waals surface area contributed by atoms with Crippen LogP contribution in [0.25, 0.3) is 0 Å². The summed E-state index contributed by atoms with van der Waals surface area (Å²) in [7, 11) is -3.92. The van der Waals surface area contributed by atoms with E-state index in [2.05, 4.69) is 15.5 Å². The molecule has 1 atom stereocenters. The van der Waals surface area contributed by atoms with Crippen LogP contribution >= 0.6 is 11.8 Å². The summed E-state index contributed by atoms with van der Waals surface area (Å²) < 4.78 is 30.0. The van der Waals surface area contributed by atoms with Gasteiger partial charge in [0.15, 0.2) is 5.17 Å². The maximum Gasteiger partial charge on any atom is 0.339 e. The third kappa shape index (κ3) is 5.45. The Morgan fingerprint density at radius 2 is 1.90 bits per heavy atom. The Bertz CT molecular complexity index is 1060. The monoisotopic (exact) mass is 431 g/mol. The fourth-order valence-corrected chi connectivity index (χ4v) is 4.40. The highest BCUT2D eigenvalue weighted by atomic mass is 32.2. The van der Waals surface area contributed by atoms with Crippen molar-refractivity contribution in [2.24, 2.45) is 16.1 Å². The molecule has 1 saturated heterocycles. The molecule has 9 heteroatoms. The Morgan fingerprint density at radius 3 is 2.55 bits per heavy atom. The number of hydrogen-bond acceptors (Lipinski definition) is 7. The number of amidine groups is 1. The average Bonchev–Trinajstić information content (AvgIpc) is 3.03. The van der Waals surface area contributed by atoms with Crippen LogP contribution in [0, 0.1) is 12.8 Å². The number of hydrogen-bond donors (Lipinski definition) is 1. The molecule has 0 aliphatic carbocycles. The van der Waals surface area contributed by atoms with Gasteiger partial charge in [-0.3, -0.25) is 4.79 Å². The molecule has 0 saturated carbocycles. The van der Waals surface area contributed by atoms with E-state index in [1.165, 1.54) is 30.1 Å². The third-order valence-electron chi connectivity index (χ3n) is 4.06. The fraction of sp³-hybridized carbons (Fsp3) is 0.250. The summed E-state index contributed by atoms with van der Waals surface area (Å²) in [5.74, 6) is 0.294. The zero-order valence-electron chi connectivity index (χ0n) is 16.2. The molecule has 1 amide bonds. The van der Waals surface area contributed by atoms with Crippen LogP contribution in [-0.2, 0) is 14.9 Å². The lowest BCUT2D eigenvalue weighted by atomic mass is 10.1. The predicted molar refractivity (Wildman–Crippen MR) is 115 cm³/mol. The third-order valence-corrected chi connectivity index (χ3v) is 6.74. The van der Waals surface area contributed by atoms with Gasteiger partial charge in [-0.2, -0.15) is 13.5 Å². The first-order valence-corrected chi connectivity index (χ1v) is 11.2. The Hall–Kier alpha value is -2.65. The molecular weight excluding hydrogens is 410 g/mol. The van der Waals surface area contributed by atoms with Crippen molar-refractivity contribution in [1.82, 2.24) is 5.32 Å². The van der Waals surface area contributed by atoms with E-state index in [1.807, 2.05) is 20.8 Å². The summed E-state index contributed by atoms with van der Waals surface area (Å²) >= 11 is 1.34. The molecule has 2 aromatic carbocycles. The first kappa shape index (κ1) is 21.1. The van der Waals surface area contributed by atoms with E-state index in [-0.39, 0.29) is 27.7 Å². The topological polar surface area (TPSA) is 97.2 Å². The molecule has 1 aliphatic rings. The Balaban J connectivity index is 1.70. The van der Waals surface area contributed by atoms with E-state index in [0.29, 0.717) is 10.7 Å². The van der Waals surface area contributed by atoms with Gasteiger partial charge in [-0.05, 0) is 42.7 Å². The Kier molecular flexibility index (Phi) is 6.39. The molecule has 29 heavy (non-hydrogen) atoms. The Labute approximate surface area is 174 Å². The van der Waals surface area contributed by atoms with E-state index < -0.39 is 10.1 Å². The normalized spacial score (nSPS) is 18.6. The lowest BCUT2D eigenvalue weighted by molar-refractivity contribution is -0.119. The summed E-state index contributed by atoms with van der Waals surface area (Å²) in [6, 6.07) is 12.9. The summed E-state index contributed by atoms with van der Waals surface area (Å²) in [6.45, 7) is 5.82. The molecular formula is C20H21N3O4S2. The van der Waals surface area contributed by atoms with E-state index in [4.69, 9.17) is 4.18 Å². The quantitative estimate of drug-likeness (QED) is 0.430. The van der Waals surface area contributed by atoms with Crippen molar-refractivity contribution in [3.63, 3.8) is 0 Å². The second kappa shape index (κ2) is 8.79. The number of nitrogens with zero attached hydrogens (tertiary/aromatic N) is 2. The molecule has 0 spiro atoms. The summed E-state index contributed by atoms with van der Waals surface area (Å²) in [6.07, 6.45) is 1.47. The van der Waals surface area contributed by atoms with Crippen LogP contribution in [-0.4, -0.2) is 31.0 Å². The number of thioether (sulfide) groups is 1. The SMILES string of the molecule is Cc1ccc(S(=O)(=O)Oc2cccc(/C=N/N=C3/NC(=O)C(C(C)C)S3)c2)cc1. The van der Waals surface area contributed by atoms with Crippen LogP contribution in [0.1, 0.15) is 25.0 Å². The van der Waals surface area contributed by atoms with Crippen LogP contribution in [0.5, 0.6) is 5.75 Å². The number of carbonyl (C=O) groups is 1. The number of aryl methyl sites for hydroxylation is 1. The number of carbonyl (C=O) groups excluding carboxylic acids is 1. The maximum atomic E-state index is 12.4. The minimum absolute atomic E-state index is 0.0735. The number of rotatable bonds is 6. The highest BCUT2D eigenvalue weighted by Gasteiger charge is 2.32. The van der Waals surface area contributed by atoms with Crippen LogP contribution in [0.2, 0.25) is 0 Å². The van der Waals surface area contributed by atoms with Gasteiger partial charge < -0.3 is 9.50 Å². The molecule has 1 aliphatic heterocycles. The highest BCUT2D eigenvalue weighted by molar-refractivity contribution is 8.15. The van der Waals surface area contributed by atoms with E-state index in [0.717, 1.165) is 5.56 Å². The first-order chi connectivity index (χ1) is 13.7. The zero-order valence-corrected chi connectivity index (χ0v) is 17.8. The second-order valence-corrected chi connectivity index (χ2v) is 9.52. The molecule has 152 valence electrons. The molecule has 0 radical (unpaired) electrons. The molecule has 1 unspecified atom stereocenters. The highest BCUT2D eigenvalue weighted by Crippen LogP contribution is 2.25. The van der Waals surface area contributed by atoms with Gasteiger partial charge in [-0.15, -0.1) is 5.10 Å². The van der Waals surface area contributed by atoms with Crippen LogP contribution < -0.4 is 9.50 Å². The zero-order chi connectivity index (χ0) is 21.0. The van der Waals surface area contributed by atoms with E-state index in [1.54, 1.807) is 36.4 Å². The van der Waals surface area contributed by atoms with E-state index in [9.17, 15) is 13.2 Å². The van der Waals surface area contributed by atoms with Crippen molar-refractivity contribution in [3.8, 4) is 5.75 Å². The summed E-state index contributed by atoms with van der Waals surface area (Å²) in [4.78, 5) is 11.9. The average molecular weight is 432 g/mol. The maximum absolute atomic E-state index is 12.4. The second-order valence-electron chi connectivity index (χ2n) is 6.84. The molecule has 0 aromatic heterocycles. The minimum atomic E-state index is -3.92. The van der Waals surface area contributed by atoms with Gasteiger partial charge in [-0.1, -0.05) is 55.4 Å². The minimum Gasteiger partial charge on any atom is -0.379 e. The van der Waals surface area contributed by atoms with Gasteiger partial charge in [0.05, 0.1) is 11.5 Å². The molecule has 0 bridgehead atoms. The lowest BCUT2D eigenvalue weighted by Crippen LogP contribution is -2.27. The largest absolute Gasteiger partial charge is 0.379 e. The van der Waals surface area contributed by atoms with Gasteiger partial charge >= 0.3 is 10.1 Å². The Morgan fingerprint density at radius 1 is 1.17 bits per heavy atom. The molecule has 1 fully saturated rings. The van der Waals surface area contributed by atoms with Crippen LogP contribution in [0.3, 0.4) is 0 Å². The van der Waals surface area contributed by atoms with Gasteiger partial charge in [0, 0.05) is 0 Å². The number of amides is 1. The van der Waals surface area contributed by atoms with Crippen molar-refractivity contribution in [2.45, 2.75) is 30.9 Å². The van der Waals surface area contributed by atoms with Gasteiger partial charge in [0.25, 0.3) is 0 Å². The molecule has 2 aromatic rings. The standard InChI is InChI=1S/C20H21N3O4S2/c1-13(2)18-19(24)22-20(28-18)23-21-12-15-5-4-6-16(11-15)27-29(25,26)17-9-7-14(3)8-10-17/h4-13,18H,1-3H3,(H,22,23,24)/b21-12+. The smallest absolute Gasteiger partial charge is 0.339 e. The first-order valence-electron chi connectivity index (χ1n) is 8.94. The van der Waals surface area contributed by atoms with Crippen LogP contribution in [0.4, 0.5) is 0 Å². The molecule has 7 nitrogen and oxygen atoms in total. The lowest BCUT2D eigenvalue weighted by Gasteiger charge is -2.07. The summed E-state index contributed by atoms with van der Waals surface area (Å²) in [5.41, 5.74) is 1.57.